The van der Waals surface area contributed by atoms with Crippen LogP contribution >= 0.6 is 0 Å². The number of nitrogens with one attached hydrogen (secondary N) is 1. The van der Waals surface area contributed by atoms with Crippen molar-refractivity contribution in [1.29, 1.82) is 0 Å². The Morgan fingerprint density at radius 1 is 1.25 bits per heavy atom. The minimum atomic E-state index is -4.45. The summed E-state index contributed by atoms with van der Waals surface area (Å²) in [4.78, 5) is 0. The van der Waals surface area contributed by atoms with Gasteiger partial charge in [0.15, 0.2) is 0 Å². The Balaban J connectivity index is 2.12. The van der Waals surface area contributed by atoms with Gasteiger partial charge in [-0.15, -0.1) is 0 Å². The van der Waals surface area contributed by atoms with Gasteiger partial charge in [0.1, 0.15) is 11.5 Å². The third kappa shape index (κ3) is 3.09. The van der Waals surface area contributed by atoms with Crippen LogP contribution in [0.2, 0.25) is 0 Å². The molecule has 2 rings (SSSR count). The molecule has 7 heteroatoms. The van der Waals surface area contributed by atoms with E-state index in [1.807, 2.05) is 0 Å². The number of nitrogens with zero attached hydrogens (tertiary/aromatic N) is 2. The van der Waals surface area contributed by atoms with E-state index in [9.17, 15) is 17.6 Å². The Labute approximate surface area is 113 Å². The minimum Gasteiger partial charge on any atom is -0.377 e. The van der Waals surface area contributed by atoms with Gasteiger partial charge in [0.25, 0.3) is 0 Å². The van der Waals surface area contributed by atoms with Crippen LogP contribution in [0.4, 0.5) is 23.2 Å². The largest absolute Gasteiger partial charge is 0.433 e. The highest BCUT2D eigenvalue weighted by Gasteiger charge is 2.34. The van der Waals surface area contributed by atoms with Crippen molar-refractivity contribution in [3.63, 3.8) is 0 Å². The molecule has 3 nitrogen and oxygen atoms in total. The summed E-state index contributed by atoms with van der Waals surface area (Å²) in [6, 6.07) is 5.55. The fraction of sp³-hybridized carbons (Fsp3) is 0.308. The first kappa shape index (κ1) is 14.4. The van der Waals surface area contributed by atoms with E-state index in [1.165, 1.54) is 19.2 Å². The molecule has 20 heavy (non-hydrogen) atoms. The monoisotopic (exact) mass is 287 g/mol. The topological polar surface area (TPSA) is 29.9 Å². The van der Waals surface area contributed by atoms with Crippen molar-refractivity contribution in [3.05, 3.63) is 47.0 Å². The highest BCUT2D eigenvalue weighted by atomic mass is 19.4. The number of hydrogen-bond acceptors (Lipinski definition) is 2. The lowest BCUT2D eigenvalue weighted by Gasteiger charge is -2.06. The Morgan fingerprint density at radius 3 is 2.50 bits per heavy atom. The van der Waals surface area contributed by atoms with Crippen LogP contribution in [0.1, 0.15) is 17.0 Å². The van der Waals surface area contributed by atoms with Gasteiger partial charge in [-0.1, -0.05) is 6.07 Å². The molecule has 0 atom stereocenters. The molecule has 1 heterocycles. The molecule has 0 aliphatic rings. The zero-order valence-electron chi connectivity index (χ0n) is 10.9. The van der Waals surface area contributed by atoms with Gasteiger partial charge in [0.2, 0.25) is 0 Å². The fourth-order valence-corrected chi connectivity index (χ4v) is 1.83. The Bertz CT molecular complexity index is 617. The highest BCUT2D eigenvalue weighted by Crippen LogP contribution is 2.29. The van der Waals surface area contributed by atoms with Crippen molar-refractivity contribution in [2.24, 2.45) is 7.05 Å². The summed E-state index contributed by atoms with van der Waals surface area (Å²) in [5.41, 5.74) is 0.360. The van der Waals surface area contributed by atoms with Crippen LogP contribution in [0.5, 0.6) is 0 Å². The van der Waals surface area contributed by atoms with Crippen LogP contribution in [-0.2, 0) is 19.8 Å². The van der Waals surface area contributed by atoms with Crippen molar-refractivity contribution in [3.8, 4) is 0 Å². The number of anilines is 1. The van der Waals surface area contributed by atoms with Crippen molar-refractivity contribution in [2.75, 3.05) is 5.32 Å². The molecule has 0 saturated heterocycles. The van der Waals surface area contributed by atoms with Gasteiger partial charge < -0.3 is 5.32 Å². The van der Waals surface area contributed by atoms with Crippen LogP contribution in [0.3, 0.4) is 0 Å². The second kappa shape index (κ2) is 5.15. The Morgan fingerprint density at radius 2 is 1.95 bits per heavy atom. The quantitative estimate of drug-likeness (QED) is 0.876. The van der Waals surface area contributed by atoms with Crippen LogP contribution in [0.15, 0.2) is 24.3 Å². The molecule has 0 amide bonds. The van der Waals surface area contributed by atoms with E-state index in [1.54, 1.807) is 13.0 Å². The molecular weight excluding hydrogens is 274 g/mol. The number of hydrogen-bond donors (Lipinski definition) is 1. The normalized spacial score (nSPS) is 11.7. The van der Waals surface area contributed by atoms with E-state index < -0.39 is 17.7 Å². The van der Waals surface area contributed by atoms with Gasteiger partial charge in [-0.3, -0.25) is 4.68 Å². The molecule has 0 bridgehead atoms. The standard InChI is InChI=1S/C13H13F4N3/c1-8-3-4-11(10(14)5-8)18-7-9-6-12(13(15,16)17)20(2)19-9/h3-6,18H,7H2,1-2H3. The van der Waals surface area contributed by atoms with Gasteiger partial charge in [0, 0.05) is 7.05 Å². The lowest BCUT2D eigenvalue weighted by molar-refractivity contribution is -0.143. The summed E-state index contributed by atoms with van der Waals surface area (Å²) in [7, 11) is 1.22. The van der Waals surface area contributed by atoms with Gasteiger partial charge in [0.05, 0.1) is 17.9 Å². The Hall–Kier alpha value is -2.05. The lowest BCUT2D eigenvalue weighted by Crippen LogP contribution is -2.11. The number of benzene rings is 1. The Kier molecular flexibility index (Phi) is 3.69. The predicted molar refractivity (Wildman–Crippen MR) is 66.7 cm³/mol. The van der Waals surface area contributed by atoms with Crippen LogP contribution in [0, 0.1) is 12.7 Å². The number of halogens is 4. The molecule has 0 saturated carbocycles. The van der Waals surface area contributed by atoms with Gasteiger partial charge in [-0.05, 0) is 30.7 Å². The zero-order chi connectivity index (χ0) is 14.9. The molecular formula is C13H13F4N3. The molecule has 0 unspecified atom stereocenters. The van der Waals surface area contributed by atoms with Crippen molar-refractivity contribution >= 4 is 5.69 Å². The van der Waals surface area contributed by atoms with Crippen LogP contribution in [-0.4, -0.2) is 9.78 Å². The lowest BCUT2D eigenvalue weighted by atomic mass is 10.2. The SMILES string of the molecule is Cc1ccc(NCc2cc(C(F)(F)F)n(C)n2)c(F)c1. The number of alkyl halides is 3. The molecule has 1 N–H and O–H groups in total. The van der Waals surface area contributed by atoms with E-state index in [0.29, 0.717) is 0 Å². The number of aryl methyl sites for hydroxylation is 2. The first-order chi connectivity index (χ1) is 9.27. The first-order valence-corrected chi connectivity index (χ1v) is 5.87. The maximum atomic E-state index is 13.6. The van der Waals surface area contributed by atoms with E-state index in [4.69, 9.17) is 0 Å². The van der Waals surface area contributed by atoms with E-state index in [-0.39, 0.29) is 17.9 Å². The van der Waals surface area contributed by atoms with Crippen LogP contribution < -0.4 is 5.32 Å². The molecule has 2 aromatic rings. The number of rotatable bonds is 3. The van der Waals surface area contributed by atoms with Gasteiger partial charge >= 0.3 is 6.18 Å². The summed E-state index contributed by atoms with van der Waals surface area (Å²) in [5, 5.41) is 6.48. The molecule has 108 valence electrons. The number of aromatic nitrogens is 2. The molecule has 1 aromatic heterocycles. The van der Waals surface area contributed by atoms with E-state index >= 15 is 0 Å². The average Bonchev–Trinajstić information content (AvgIpc) is 2.69. The third-order valence-electron chi connectivity index (χ3n) is 2.81. The predicted octanol–water partition coefficient (Wildman–Crippen LogP) is 3.50. The van der Waals surface area contributed by atoms with E-state index in [0.717, 1.165) is 16.3 Å². The van der Waals surface area contributed by atoms with Gasteiger partial charge in [-0.25, -0.2) is 4.39 Å². The molecule has 0 fully saturated rings. The van der Waals surface area contributed by atoms with E-state index in [2.05, 4.69) is 10.4 Å². The average molecular weight is 287 g/mol. The molecule has 0 radical (unpaired) electrons. The smallest absolute Gasteiger partial charge is 0.377 e. The van der Waals surface area contributed by atoms with Crippen molar-refractivity contribution in [1.82, 2.24) is 9.78 Å². The summed E-state index contributed by atoms with van der Waals surface area (Å²) in [6.07, 6.45) is -4.45. The summed E-state index contributed by atoms with van der Waals surface area (Å²) < 4.78 is 52.1. The maximum Gasteiger partial charge on any atom is 0.433 e. The second-order valence-electron chi connectivity index (χ2n) is 4.48. The fourth-order valence-electron chi connectivity index (χ4n) is 1.83. The highest BCUT2D eigenvalue weighted by molar-refractivity contribution is 5.46. The molecule has 0 aliphatic carbocycles. The maximum absolute atomic E-state index is 13.6. The van der Waals surface area contributed by atoms with Crippen LogP contribution in [0.25, 0.3) is 0 Å². The summed E-state index contributed by atoms with van der Waals surface area (Å²) in [5.74, 6) is -0.447. The summed E-state index contributed by atoms with van der Waals surface area (Å²) in [6.45, 7) is 1.77. The molecule has 0 aliphatic heterocycles. The summed E-state index contributed by atoms with van der Waals surface area (Å²) >= 11 is 0. The second-order valence-corrected chi connectivity index (χ2v) is 4.48. The zero-order valence-corrected chi connectivity index (χ0v) is 10.9. The van der Waals surface area contributed by atoms with Crippen molar-refractivity contribution in [2.45, 2.75) is 19.6 Å². The first-order valence-electron chi connectivity index (χ1n) is 5.87. The molecule has 1 aromatic carbocycles. The van der Waals surface area contributed by atoms with Crippen molar-refractivity contribution < 1.29 is 17.6 Å². The van der Waals surface area contributed by atoms with Gasteiger partial charge in [-0.2, -0.15) is 18.3 Å². The molecule has 0 spiro atoms. The third-order valence-corrected chi connectivity index (χ3v) is 2.81. The minimum absolute atomic E-state index is 0.0178.